The topological polar surface area (TPSA) is 20.2 Å². The Kier molecular flexibility index (Phi) is 2.07. The van der Waals surface area contributed by atoms with Crippen molar-refractivity contribution in [2.45, 2.75) is 6.92 Å². The lowest BCUT2D eigenvalue weighted by molar-refractivity contribution is 0.475. The van der Waals surface area contributed by atoms with Crippen molar-refractivity contribution in [3.05, 3.63) is 40.6 Å². The molecule has 0 amide bonds. The molecule has 13 heavy (non-hydrogen) atoms. The van der Waals surface area contributed by atoms with E-state index in [9.17, 15) is 0 Å². The minimum Gasteiger partial charge on any atom is -0.508 e. The summed E-state index contributed by atoms with van der Waals surface area (Å²) in [5, 5.41) is 11.2. The van der Waals surface area contributed by atoms with Crippen LogP contribution < -0.4 is 0 Å². The van der Waals surface area contributed by atoms with Gasteiger partial charge >= 0.3 is 0 Å². The van der Waals surface area contributed by atoms with Gasteiger partial charge in [0, 0.05) is 4.88 Å². The summed E-state index contributed by atoms with van der Waals surface area (Å²) in [7, 11) is 0. The second-order valence-electron chi connectivity index (χ2n) is 2.94. The molecular weight excluding hydrogens is 180 g/mol. The zero-order valence-electron chi connectivity index (χ0n) is 7.32. The quantitative estimate of drug-likeness (QED) is 0.730. The predicted octanol–water partition coefficient (Wildman–Crippen LogP) is 3.43. The lowest BCUT2D eigenvalue weighted by Gasteiger charge is -1.99. The van der Waals surface area contributed by atoms with Gasteiger partial charge in [-0.05, 0) is 41.6 Å². The van der Waals surface area contributed by atoms with Gasteiger partial charge in [0.2, 0.25) is 0 Å². The first-order valence-electron chi connectivity index (χ1n) is 4.11. The summed E-state index contributed by atoms with van der Waals surface area (Å²) in [5.41, 5.74) is 2.42. The minimum absolute atomic E-state index is 0.316. The molecule has 0 spiro atoms. The Morgan fingerprint density at radius 3 is 2.31 bits per heavy atom. The first-order valence-corrected chi connectivity index (χ1v) is 4.99. The maximum atomic E-state index is 9.13. The van der Waals surface area contributed by atoms with Crippen molar-refractivity contribution in [3.63, 3.8) is 0 Å². The lowest BCUT2D eigenvalue weighted by atomic mass is 10.1. The fourth-order valence-corrected chi connectivity index (χ4v) is 2.05. The Hall–Kier alpha value is -1.28. The van der Waals surface area contributed by atoms with Gasteiger partial charge in [-0.25, -0.2) is 0 Å². The van der Waals surface area contributed by atoms with Gasteiger partial charge in [0.15, 0.2) is 0 Å². The first-order chi connectivity index (χ1) is 6.27. The third-order valence-electron chi connectivity index (χ3n) is 2.04. The molecule has 0 unspecified atom stereocenters. The molecule has 0 saturated carbocycles. The molecule has 0 aliphatic carbocycles. The molecule has 0 bridgehead atoms. The zero-order valence-corrected chi connectivity index (χ0v) is 8.14. The summed E-state index contributed by atoms with van der Waals surface area (Å²) in [5.74, 6) is 0.316. The zero-order chi connectivity index (χ0) is 9.26. The average Bonchev–Trinajstić information content (AvgIpc) is 2.53. The Morgan fingerprint density at radius 2 is 1.77 bits per heavy atom. The van der Waals surface area contributed by atoms with E-state index >= 15 is 0 Å². The van der Waals surface area contributed by atoms with Crippen LogP contribution in [0, 0.1) is 6.92 Å². The van der Waals surface area contributed by atoms with Crippen LogP contribution in [0.2, 0.25) is 0 Å². The van der Waals surface area contributed by atoms with Gasteiger partial charge in [-0.1, -0.05) is 12.1 Å². The highest BCUT2D eigenvalue weighted by atomic mass is 32.1. The highest BCUT2D eigenvalue weighted by Gasteiger charge is 2.01. The van der Waals surface area contributed by atoms with E-state index in [0.717, 1.165) is 5.56 Å². The summed E-state index contributed by atoms with van der Waals surface area (Å²) in [6.45, 7) is 2.10. The Labute approximate surface area is 81.3 Å². The number of hydrogen-bond acceptors (Lipinski definition) is 2. The molecule has 0 saturated heterocycles. The predicted molar refractivity (Wildman–Crippen MR) is 56.2 cm³/mol. The van der Waals surface area contributed by atoms with Gasteiger partial charge < -0.3 is 5.11 Å². The summed E-state index contributed by atoms with van der Waals surface area (Å²) < 4.78 is 0. The Morgan fingerprint density at radius 1 is 1.08 bits per heavy atom. The summed E-state index contributed by atoms with van der Waals surface area (Å²) in [4.78, 5) is 1.31. The maximum Gasteiger partial charge on any atom is 0.115 e. The molecule has 1 heterocycles. The van der Waals surface area contributed by atoms with Crippen molar-refractivity contribution < 1.29 is 5.11 Å². The average molecular weight is 190 g/mol. The molecule has 66 valence electrons. The van der Waals surface area contributed by atoms with Crippen molar-refractivity contribution >= 4 is 11.3 Å². The van der Waals surface area contributed by atoms with E-state index in [1.54, 1.807) is 23.5 Å². The lowest BCUT2D eigenvalue weighted by Crippen LogP contribution is -1.75. The summed E-state index contributed by atoms with van der Waals surface area (Å²) in [6.07, 6.45) is 0. The molecule has 0 aliphatic heterocycles. The number of aromatic hydroxyl groups is 1. The number of phenolic OH excluding ortho intramolecular Hbond substituents is 1. The fourth-order valence-electron chi connectivity index (χ4n) is 1.33. The van der Waals surface area contributed by atoms with Crippen LogP contribution in [0.1, 0.15) is 4.88 Å². The van der Waals surface area contributed by atoms with E-state index in [2.05, 4.69) is 18.4 Å². The van der Waals surface area contributed by atoms with Crippen molar-refractivity contribution in [2.24, 2.45) is 0 Å². The molecule has 0 atom stereocenters. The van der Waals surface area contributed by atoms with Crippen LogP contribution in [0.3, 0.4) is 0 Å². The monoisotopic (exact) mass is 190 g/mol. The van der Waals surface area contributed by atoms with E-state index in [4.69, 9.17) is 5.11 Å². The Balaban J connectivity index is 2.47. The number of thiophene rings is 1. The van der Waals surface area contributed by atoms with Gasteiger partial charge in [0.25, 0.3) is 0 Å². The molecule has 1 aromatic heterocycles. The van der Waals surface area contributed by atoms with Crippen molar-refractivity contribution in [1.82, 2.24) is 0 Å². The van der Waals surface area contributed by atoms with Crippen LogP contribution >= 0.6 is 11.3 Å². The molecule has 2 heteroatoms. The van der Waals surface area contributed by atoms with Gasteiger partial charge in [0.05, 0.1) is 0 Å². The van der Waals surface area contributed by atoms with Gasteiger partial charge in [-0.15, -0.1) is 11.3 Å². The van der Waals surface area contributed by atoms with Crippen LogP contribution in [-0.2, 0) is 0 Å². The number of rotatable bonds is 1. The van der Waals surface area contributed by atoms with Crippen LogP contribution in [0.4, 0.5) is 0 Å². The van der Waals surface area contributed by atoms with Gasteiger partial charge in [-0.3, -0.25) is 0 Å². The summed E-state index contributed by atoms with van der Waals surface area (Å²) in [6, 6.07) is 9.40. The molecule has 1 nitrogen and oxygen atoms in total. The molecule has 2 aromatic rings. The van der Waals surface area contributed by atoms with E-state index in [1.165, 1.54) is 10.4 Å². The van der Waals surface area contributed by atoms with Crippen molar-refractivity contribution in [2.75, 3.05) is 0 Å². The fraction of sp³-hybridized carbons (Fsp3) is 0.0909. The molecule has 2 rings (SSSR count). The third kappa shape index (κ3) is 1.58. The molecule has 1 aromatic carbocycles. The number of aryl methyl sites for hydroxylation is 1. The second-order valence-corrected chi connectivity index (χ2v) is 4.06. The minimum atomic E-state index is 0.316. The van der Waals surface area contributed by atoms with Crippen molar-refractivity contribution in [1.29, 1.82) is 0 Å². The molecule has 0 fully saturated rings. The SMILES string of the molecule is Cc1sccc1-c1ccc(O)cc1. The largest absolute Gasteiger partial charge is 0.508 e. The number of hydrogen-bond donors (Lipinski definition) is 1. The van der Waals surface area contributed by atoms with Crippen LogP contribution in [0.5, 0.6) is 5.75 Å². The van der Waals surface area contributed by atoms with Crippen LogP contribution in [-0.4, -0.2) is 5.11 Å². The van der Waals surface area contributed by atoms with E-state index in [-0.39, 0.29) is 0 Å². The highest BCUT2D eigenvalue weighted by molar-refractivity contribution is 7.10. The second kappa shape index (κ2) is 3.23. The summed E-state index contributed by atoms with van der Waals surface area (Å²) >= 11 is 1.74. The molecule has 0 aliphatic rings. The maximum absolute atomic E-state index is 9.13. The van der Waals surface area contributed by atoms with Crippen molar-refractivity contribution in [3.8, 4) is 16.9 Å². The van der Waals surface area contributed by atoms with E-state index in [0.29, 0.717) is 5.75 Å². The number of phenols is 1. The number of benzene rings is 1. The normalized spacial score (nSPS) is 10.2. The van der Waals surface area contributed by atoms with Gasteiger partial charge in [-0.2, -0.15) is 0 Å². The molecule has 0 radical (unpaired) electrons. The molecule has 1 N–H and O–H groups in total. The Bertz CT molecular complexity index is 400. The smallest absolute Gasteiger partial charge is 0.115 e. The third-order valence-corrected chi connectivity index (χ3v) is 2.88. The molecular formula is C11H10OS. The van der Waals surface area contributed by atoms with Crippen LogP contribution in [0.15, 0.2) is 35.7 Å². The standard InChI is InChI=1S/C11H10OS/c1-8-11(6-7-13-8)9-2-4-10(12)5-3-9/h2-7,12H,1H3. The van der Waals surface area contributed by atoms with E-state index in [1.807, 2.05) is 12.1 Å². The van der Waals surface area contributed by atoms with Gasteiger partial charge in [0.1, 0.15) is 5.75 Å². The highest BCUT2D eigenvalue weighted by Crippen LogP contribution is 2.28. The van der Waals surface area contributed by atoms with E-state index < -0.39 is 0 Å². The first kappa shape index (κ1) is 8.32. The van der Waals surface area contributed by atoms with Crippen LogP contribution in [0.25, 0.3) is 11.1 Å².